The standard InChI is InChI=1S/C8H15N3O2/c1-3-12-5-7-10-8(11-13-7)6(2)4-9/h6H,3-5,9H2,1-2H3. The molecule has 0 aliphatic heterocycles. The second kappa shape index (κ2) is 4.94. The van der Waals surface area contributed by atoms with Gasteiger partial charge in [-0.15, -0.1) is 0 Å². The van der Waals surface area contributed by atoms with E-state index in [0.717, 1.165) is 0 Å². The van der Waals surface area contributed by atoms with Gasteiger partial charge in [0.05, 0.1) is 0 Å². The molecule has 1 aromatic rings. The Morgan fingerprint density at radius 1 is 1.62 bits per heavy atom. The predicted octanol–water partition coefficient (Wildman–Crippen LogP) is 0.668. The van der Waals surface area contributed by atoms with Crippen LogP contribution in [0.5, 0.6) is 0 Å². The number of nitrogens with two attached hydrogens (primary N) is 1. The molecule has 1 rings (SSSR count). The van der Waals surface area contributed by atoms with Gasteiger partial charge in [-0.25, -0.2) is 0 Å². The Morgan fingerprint density at radius 2 is 2.38 bits per heavy atom. The van der Waals surface area contributed by atoms with Crippen molar-refractivity contribution in [2.45, 2.75) is 26.4 Å². The first kappa shape index (κ1) is 10.1. The topological polar surface area (TPSA) is 74.2 Å². The fourth-order valence-corrected chi connectivity index (χ4v) is 0.822. The molecule has 0 radical (unpaired) electrons. The molecule has 0 saturated carbocycles. The third kappa shape index (κ3) is 2.78. The number of hydrogen-bond donors (Lipinski definition) is 1. The summed E-state index contributed by atoms with van der Waals surface area (Å²) in [5, 5.41) is 3.79. The third-order valence-electron chi connectivity index (χ3n) is 1.71. The van der Waals surface area contributed by atoms with Gasteiger partial charge in [-0.2, -0.15) is 4.98 Å². The minimum absolute atomic E-state index is 0.138. The maximum atomic E-state index is 5.46. The normalized spacial score (nSPS) is 13.2. The molecule has 1 atom stereocenters. The Hall–Kier alpha value is -0.940. The molecule has 2 N–H and O–H groups in total. The summed E-state index contributed by atoms with van der Waals surface area (Å²) in [5.41, 5.74) is 5.46. The molecule has 13 heavy (non-hydrogen) atoms. The molecule has 5 nitrogen and oxygen atoms in total. The highest BCUT2D eigenvalue weighted by Crippen LogP contribution is 2.09. The first-order valence-electron chi connectivity index (χ1n) is 4.38. The van der Waals surface area contributed by atoms with E-state index in [0.29, 0.717) is 31.5 Å². The molecule has 5 heteroatoms. The molecule has 1 heterocycles. The van der Waals surface area contributed by atoms with E-state index in [4.69, 9.17) is 15.0 Å². The number of hydrogen-bond acceptors (Lipinski definition) is 5. The van der Waals surface area contributed by atoms with Crippen LogP contribution >= 0.6 is 0 Å². The summed E-state index contributed by atoms with van der Waals surface area (Å²) in [6.45, 7) is 5.41. The van der Waals surface area contributed by atoms with Crippen molar-refractivity contribution in [1.29, 1.82) is 0 Å². The van der Waals surface area contributed by atoms with Crippen molar-refractivity contribution in [3.05, 3.63) is 11.7 Å². The Bertz CT molecular complexity index is 249. The van der Waals surface area contributed by atoms with E-state index in [2.05, 4.69) is 10.1 Å². The summed E-state index contributed by atoms with van der Waals surface area (Å²) in [5.74, 6) is 1.30. The Kier molecular flexibility index (Phi) is 3.85. The predicted molar refractivity (Wildman–Crippen MR) is 47.1 cm³/mol. The van der Waals surface area contributed by atoms with Crippen LogP contribution in [0.15, 0.2) is 4.52 Å². The van der Waals surface area contributed by atoms with E-state index in [1.54, 1.807) is 0 Å². The molecule has 0 amide bonds. The first-order valence-corrected chi connectivity index (χ1v) is 4.38. The van der Waals surface area contributed by atoms with Crippen molar-refractivity contribution in [2.75, 3.05) is 13.2 Å². The smallest absolute Gasteiger partial charge is 0.252 e. The second-order valence-corrected chi connectivity index (χ2v) is 2.82. The molecule has 0 saturated heterocycles. The van der Waals surface area contributed by atoms with E-state index in [1.807, 2.05) is 13.8 Å². The maximum absolute atomic E-state index is 5.46. The van der Waals surface area contributed by atoms with Crippen molar-refractivity contribution in [3.8, 4) is 0 Å². The Balaban J connectivity index is 2.53. The molecule has 0 spiro atoms. The van der Waals surface area contributed by atoms with E-state index < -0.39 is 0 Å². The quantitative estimate of drug-likeness (QED) is 0.729. The average Bonchev–Trinajstić information content (AvgIpc) is 2.62. The van der Waals surface area contributed by atoms with Crippen molar-refractivity contribution < 1.29 is 9.26 Å². The molecule has 1 unspecified atom stereocenters. The second-order valence-electron chi connectivity index (χ2n) is 2.82. The lowest BCUT2D eigenvalue weighted by Crippen LogP contribution is -2.10. The Labute approximate surface area is 77.3 Å². The van der Waals surface area contributed by atoms with Crippen molar-refractivity contribution >= 4 is 0 Å². The number of nitrogens with zero attached hydrogens (tertiary/aromatic N) is 2. The number of ether oxygens (including phenoxy) is 1. The van der Waals surface area contributed by atoms with Crippen molar-refractivity contribution in [3.63, 3.8) is 0 Å². The molecule has 0 fully saturated rings. The largest absolute Gasteiger partial charge is 0.372 e. The molecule has 74 valence electrons. The van der Waals surface area contributed by atoms with Crippen molar-refractivity contribution in [1.82, 2.24) is 10.1 Å². The molecule has 0 aliphatic carbocycles. The van der Waals surface area contributed by atoms with Crippen LogP contribution in [-0.2, 0) is 11.3 Å². The summed E-state index contributed by atoms with van der Waals surface area (Å²) >= 11 is 0. The van der Waals surface area contributed by atoms with Crippen LogP contribution in [0, 0.1) is 0 Å². The highest BCUT2D eigenvalue weighted by atomic mass is 16.5. The lowest BCUT2D eigenvalue weighted by atomic mass is 10.2. The van der Waals surface area contributed by atoms with Gasteiger partial charge in [0.25, 0.3) is 5.89 Å². The van der Waals surface area contributed by atoms with Crippen LogP contribution < -0.4 is 5.73 Å². The molecular weight excluding hydrogens is 170 g/mol. The molecule has 0 aromatic carbocycles. The summed E-state index contributed by atoms with van der Waals surface area (Å²) in [7, 11) is 0. The zero-order valence-electron chi connectivity index (χ0n) is 7.99. The highest BCUT2D eigenvalue weighted by Gasteiger charge is 2.11. The van der Waals surface area contributed by atoms with Crippen LogP contribution in [0.2, 0.25) is 0 Å². The maximum Gasteiger partial charge on any atom is 0.252 e. The molecule has 1 aromatic heterocycles. The van der Waals surface area contributed by atoms with Gasteiger partial charge < -0.3 is 15.0 Å². The third-order valence-corrected chi connectivity index (χ3v) is 1.71. The van der Waals surface area contributed by atoms with Gasteiger partial charge in [0.15, 0.2) is 5.82 Å². The van der Waals surface area contributed by atoms with E-state index in [9.17, 15) is 0 Å². The molecule has 0 bridgehead atoms. The first-order chi connectivity index (χ1) is 6.27. The summed E-state index contributed by atoms with van der Waals surface area (Å²) in [6.07, 6.45) is 0. The van der Waals surface area contributed by atoms with Crippen LogP contribution in [-0.4, -0.2) is 23.3 Å². The minimum atomic E-state index is 0.138. The molecular formula is C8H15N3O2. The summed E-state index contributed by atoms with van der Waals surface area (Å²) in [4.78, 5) is 4.14. The lowest BCUT2D eigenvalue weighted by molar-refractivity contribution is 0.109. The van der Waals surface area contributed by atoms with Crippen LogP contribution in [0.3, 0.4) is 0 Å². The highest BCUT2D eigenvalue weighted by molar-refractivity contribution is 4.93. The Morgan fingerprint density at radius 3 is 3.00 bits per heavy atom. The van der Waals surface area contributed by atoms with E-state index in [-0.39, 0.29) is 5.92 Å². The summed E-state index contributed by atoms with van der Waals surface area (Å²) < 4.78 is 10.1. The van der Waals surface area contributed by atoms with Gasteiger partial charge in [0, 0.05) is 19.1 Å². The van der Waals surface area contributed by atoms with Crippen LogP contribution in [0.25, 0.3) is 0 Å². The van der Waals surface area contributed by atoms with Gasteiger partial charge in [-0.3, -0.25) is 0 Å². The van der Waals surface area contributed by atoms with Gasteiger partial charge in [0.1, 0.15) is 6.61 Å². The average molecular weight is 185 g/mol. The van der Waals surface area contributed by atoms with Gasteiger partial charge in [0.2, 0.25) is 0 Å². The zero-order valence-corrected chi connectivity index (χ0v) is 7.99. The van der Waals surface area contributed by atoms with E-state index >= 15 is 0 Å². The number of rotatable bonds is 5. The van der Waals surface area contributed by atoms with Gasteiger partial charge in [-0.05, 0) is 6.92 Å². The van der Waals surface area contributed by atoms with Crippen LogP contribution in [0.1, 0.15) is 31.5 Å². The van der Waals surface area contributed by atoms with Gasteiger partial charge >= 0.3 is 0 Å². The monoisotopic (exact) mass is 185 g/mol. The fourth-order valence-electron chi connectivity index (χ4n) is 0.822. The summed E-state index contributed by atoms with van der Waals surface area (Å²) in [6, 6.07) is 0. The number of aromatic nitrogens is 2. The van der Waals surface area contributed by atoms with E-state index in [1.165, 1.54) is 0 Å². The molecule has 0 aliphatic rings. The van der Waals surface area contributed by atoms with Crippen molar-refractivity contribution in [2.24, 2.45) is 5.73 Å². The van der Waals surface area contributed by atoms with Gasteiger partial charge in [-0.1, -0.05) is 12.1 Å². The van der Waals surface area contributed by atoms with Crippen LogP contribution in [0.4, 0.5) is 0 Å². The lowest BCUT2D eigenvalue weighted by Gasteiger charge is -1.98. The zero-order chi connectivity index (χ0) is 9.68. The fraction of sp³-hybridized carbons (Fsp3) is 0.750. The SMILES string of the molecule is CCOCc1nc(C(C)CN)no1. The minimum Gasteiger partial charge on any atom is -0.372 e.